The maximum atomic E-state index is 9.22. The number of hydrogen-bond acceptors (Lipinski definition) is 4. The molecule has 0 radical (unpaired) electrons. The molecular formula is C19H28N6O2. The van der Waals surface area contributed by atoms with E-state index in [1.54, 1.807) is 6.33 Å². The van der Waals surface area contributed by atoms with E-state index in [2.05, 4.69) is 33.4 Å². The molecule has 4 N–H and O–H groups in total. The van der Waals surface area contributed by atoms with E-state index in [9.17, 15) is 10.2 Å². The number of aliphatic hydroxyl groups excluding tert-OH is 2. The highest BCUT2D eigenvalue weighted by Crippen LogP contribution is 2.19. The lowest BCUT2D eigenvalue weighted by Gasteiger charge is -2.21. The van der Waals surface area contributed by atoms with Crippen LogP contribution in [0.5, 0.6) is 0 Å². The number of aliphatic imine (C=N–C) groups is 2. The van der Waals surface area contributed by atoms with E-state index in [1.165, 1.54) is 0 Å². The van der Waals surface area contributed by atoms with Crippen LogP contribution in [0.25, 0.3) is 0 Å². The fourth-order valence-electron chi connectivity index (χ4n) is 2.69. The molecular weight excluding hydrogens is 344 g/mol. The van der Waals surface area contributed by atoms with Crippen LogP contribution < -0.4 is 10.6 Å². The number of aliphatic hydroxyl groups is 2. The van der Waals surface area contributed by atoms with Crippen molar-refractivity contribution in [3.63, 3.8) is 0 Å². The second-order valence-electron chi connectivity index (χ2n) is 6.52. The monoisotopic (exact) mass is 372 g/mol. The van der Waals surface area contributed by atoms with Gasteiger partial charge < -0.3 is 25.4 Å². The smallest absolute Gasteiger partial charge is 0.217 e. The molecule has 0 bridgehead atoms. The van der Waals surface area contributed by atoms with Crippen molar-refractivity contribution in [1.82, 2.24) is 9.55 Å². The normalized spacial score (nSPS) is 12.9. The van der Waals surface area contributed by atoms with Crippen molar-refractivity contribution in [1.29, 1.82) is 0 Å². The first-order chi connectivity index (χ1) is 12.9. The summed E-state index contributed by atoms with van der Waals surface area (Å²) in [5.74, 6) is 0.508. The standard InChI is InChI=1S/C19H28N6O2/c1-13(2)25-12-21-17(14(25)3)18(23-19(20)22-15(10-26)11-27)24(4)16-8-6-5-7-9-16/h5-9,12-13,15,26-27H,10-11H2,1-4H3,(H2,20,22). The Morgan fingerprint density at radius 2 is 1.85 bits per heavy atom. The van der Waals surface area contributed by atoms with Crippen LogP contribution in [0.2, 0.25) is 0 Å². The number of hydrogen-bond donors (Lipinski definition) is 3. The van der Waals surface area contributed by atoms with Gasteiger partial charge in [-0.05, 0) is 32.9 Å². The van der Waals surface area contributed by atoms with E-state index in [-0.39, 0.29) is 25.2 Å². The van der Waals surface area contributed by atoms with Crippen LogP contribution in [0.4, 0.5) is 5.69 Å². The summed E-state index contributed by atoms with van der Waals surface area (Å²) >= 11 is 0. The Hall–Kier alpha value is -2.71. The highest BCUT2D eigenvalue weighted by atomic mass is 16.3. The molecule has 0 saturated heterocycles. The summed E-state index contributed by atoms with van der Waals surface area (Å²) < 4.78 is 2.06. The zero-order chi connectivity index (χ0) is 20.0. The Labute approximate surface area is 159 Å². The number of aromatic nitrogens is 2. The molecule has 8 nitrogen and oxygen atoms in total. The lowest BCUT2D eigenvalue weighted by molar-refractivity contribution is 0.195. The molecule has 8 heteroatoms. The molecule has 0 saturated carbocycles. The molecule has 146 valence electrons. The molecule has 1 aromatic heterocycles. The number of imidazole rings is 1. The molecule has 0 aliphatic carbocycles. The third-order valence-corrected chi connectivity index (χ3v) is 4.23. The van der Waals surface area contributed by atoms with Gasteiger partial charge in [-0.3, -0.25) is 0 Å². The molecule has 0 aliphatic heterocycles. The summed E-state index contributed by atoms with van der Waals surface area (Å²) in [5.41, 5.74) is 8.55. The number of nitrogens with two attached hydrogens (primary N) is 1. The Balaban J connectivity index is 2.54. The van der Waals surface area contributed by atoms with Crippen LogP contribution in [0.1, 0.15) is 31.3 Å². The van der Waals surface area contributed by atoms with E-state index >= 15 is 0 Å². The Bertz CT molecular complexity index is 794. The average molecular weight is 372 g/mol. The number of anilines is 1. The molecule has 0 fully saturated rings. The van der Waals surface area contributed by atoms with Gasteiger partial charge in [0.25, 0.3) is 0 Å². The van der Waals surface area contributed by atoms with Crippen molar-refractivity contribution < 1.29 is 10.2 Å². The van der Waals surface area contributed by atoms with Crippen molar-refractivity contribution in [3.05, 3.63) is 48.0 Å². The quantitative estimate of drug-likeness (QED) is 0.523. The van der Waals surface area contributed by atoms with Gasteiger partial charge in [-0.25, -0.2) is 9.98 Å². The van der Waals surface area contributed by atoms with Gasteiger partial charge in [0.05, 0.1) is 25.6 Å². The summed E-state index contributed by atoms with van der Waals surface area (Å²) in [4.78, 5) is 15.0. The van der Waals surface area contributed by atoms with Gasteiger partial charge in [0.1, 0.15) is 5.69 Å². The molecule has 2 rings (SSSR count). The SMILES string of the molecule is Cc1c(C(=NC(N)=NC(CO)CO)N(C)c2ccccc2)ncn1C(C)C. The predicted octanol–water partition coefficient (Wildman–Crippen LogP) is 1.32. The second-order valence-corrected chi connectivity index (χ2v) is 6.52. The van der Waals surface area contributed by atoms with Crippen molar-refractivity contribution >= 4 is 17.5 Å². The summed E-state index contributed by atoms with van der Waals surface area (Å²) in [6.45, 7) is 5.53. The second kappa shape index (κ2) is 9.29. The van der Waals surface area contributed by atoms with E-state index in [1.807, 2.05) is 49.2 Å². The van der Waals surface area contributed by atoms with Crippen LogP contribution in [0.15, 0.2) is 46.6 Å². The maximum absolute atomic E-state index is 9.22. The third kappa shape index (κ3) is 4.93. The van der Waals surface area contributed by atoms with Crippen LogP contribution >= 0.6 is 0 Å². The number of guanidine groups is 1. The van der Waals surface area contributed by atoms with Gasteiger partial charge in [-0.1, -0.05) is 18.2 Å². The summed E-state index contributed by atoms with van der Waals surface area (Å²) in [7, 11) is 1.88. The van der Waals surface area contributed by atoms with E-state index in [0.717, 1.165) is 11.4 Å². The van der Waals surface area contributed by atoms with Crippen LogP contribution in [-0.4, -0.2) is 57.9 Å². The van der Waals surface area contributed by atoms with Crippen LogP contribution in [0.3, 0.4) is 0 Å². The van der Waals surface area contributed by atoms with Gasteiger partial charge >= 0.3 is 0 Å². The minimum atomic E-state index is -0.702. The van der Waals surface area contributed by atoms with Gasteiger partial charge in [0, 0.05) is 24.5 Å². The molecule has 0 aliphatic rings. The minimum absolute atomic E-state index is 0.0284. The number of rotatable bonds is 6. The zero-order valence-corrected chi connectivity index (χ0v) is 16.2. The zero-order valence-electron chi connectivity index (χ0n) is 16.2. The van der Waals surface area contributed by atoms with E-state index in [0.29, 0.717) is 11.5 Å². The van der Waals surface area contributed by atoms with Gasteiger partial charge in [0.15, 0.2) is 5.84 Å². The Kier molecular flexibility index (Phi) is 7.09. The summed E-state index contributed by atoms with van der Waals surface area (Å²) in [6.07, 6.45) is 1.78. The van der Waals surface area contributed by atoms with Gasteiger partial charge in [-0.15, -0.1) is 0 Å². The molecule has 0 unspecified atom stereocenters. The molecule has 0 spiro atoms. The highest BCUT2D eigenvalue weighted by molar-refractivity contribution is 6.13. The maximum Gasteiger partial charge on any atom is 0.217 e. The first kappa shape index (κ1) is 20.6. The van der Waals surface area contributed by atoms with Crippen molar-refractivity contribution in [2.75, 3.05) is 25.2 Å². The lowest BCUT2D eigenvalue weighted by atomic mass is 10.2. The van der Waals surface area contributed by atoms with Gasteiger partial charge in [0.2, 0.25) is 5.96 Å². The number of para-hydroxylation sites is 1. The molecule has 1 aromatic carbocycles. The van der Waals surface area contributed by atoms with E-state index < -0.39 is 6.04 Å². The number of nitrogens with zero attached hydrogens (tertiary/aromatic N) is 5. The predicted molar refractivity (Wildman–Crippen MR) is 108 cm³/mol. The summed E-state index contributed by atoms with van der Waals surface area (Å²) in [6, 6.07) is 9.29. The van der Waals surface area contributed by atoms with Crippen LogP contribution in [-0.2, 0) is 0 Å². The van der Waals surface area contributed by atoms with E-state index in [4.69, 9.17) is 5.73 Å². The van der Waals surface area contributed by atoms with Crippen molar-refractivity contribution in [2.24, 2.45) is 15.7 Å². The highest BCUT2D eigenvalue weighted by Gasteiger charge is 2.20. The fraction of sp³-hybridized carbons (Fsp3) is 0.421. The molecule has 0 atom stereocenters. The number of benzene rings is 1. The van der Waals surface area contributed by atoms with Crippen molar-refractivity contribution in [3.8, 4) is 0 Å². The van der Waals surface area contributed by atoms with Crippen molar-refractivity contribution in [2.45, 2.75) is 32.9 Å². The first-order valence-electron chi connectivity index (χ1n) is 8.85. The minimum Gasteiger partial charge on any atom is -0.394 e. The van der Waals surface area contributed by atoms with Crippen LogP contribution in [0, 0.1) is 6.92 Å². The first-order valence-corrected chi connectivity index (χ1v) is 8.85. The molecule has 0 amide bonds. The Morgan fingerprint density at radius 1 is 1.22 bits per heavy atom. The summed E-state index contributed by atoms with van der Waals surface area (Å²) in [5, 5.41) is 18.4. The van der Waals surface area contributed by atoms with Gasteiger partial charge in [-0.2, -0.15) is 4.99 Å². The molecule has 2 aromatic rings. The largest absolute Gasteiger partial charge is 0.394 e. The molecule has 27 heavy (non-hydrogen) atoms. The lowest BCUT2D eigenvalue weighted by Crippen LogP contribution is -2.31. The topological polar surface area (TPSA) is 112 Å². The Morgan fingerprint density at radius 3 is 2.37 bits per heavy atom. The molecule has 1 heterocycles. The fourth-order valence-corrected chi connectivity index (χ4v) is 2.69. The third-order valence-electron chi connectivity index (χ3n) is 4.23. The number of amidine groups is 1. The average Bonchev–Trinajstić information content (AvgIpc) is 3.05.